The fourth-order valence-corrected chi connectivity index (χ4v) is 15.3. The van der Waals surface area contributed by atoms with Crippen LogP contribution >= 0.6 is 0 Å². The molecule has 0 saturated heterocycles. The van der Waals surface area contributed by atoms with Gasteiger partial charge in [0.05, 0.1) is 0 Å². The van der Waals surface area contributed by atoms with Gasteiger partial charge in [-0.25, -0.2) is 0 Å². The standard InChI is InChI=1S/C24H20AsN3/c26-28-27-25(21-13-5-1-6-14-21,22-15-7-2-8-16-22,23-17-9-3-10-18-23)24-19-11-4-12-20-24/h1-20H. The third-order valence-electron chi connectivity index (χ3n) is 5.25. The molecule has 4 aromatic rings. The van der Waals surface area contributed by atoms with Crippen LogP contribution in [-0.2, 0) is 0 Å². The molecule has 3 nitrogen and oxygen atoms in total. The molecule has 0 N–H and O–H groups in total. The first kappa shape index (κ1) is 18.1. The molecule has 0 aliphatic rings. The van der Waals surface area contributed by atoms with E-state index in [0.29, 0.717) is 0 Å². The minimum absolute atomic E-state index is 1.07. The molecule has 0 spiro atoms. The second kappa shape index (κ2) is 7.40. The predicted molar refractivity (Wildman–Crippen MR) is 119 cm³/mol. The van der Waals surface area contributed by atoms with Crippen LogP contribution in [0.3, 0.4) is 0 Å². The molecule has 0 heterocycles. The first-order chi connectivity index (χ1) is 13.8. The van der Waals surface area contributed by atoms with Crippen molar-refractivity contribution in [2.45, 2.75) is 0 Å². The summed E-state index contributed by atoms with van der Waals surface area (Å²) in [5, 5.41) is 0. The number of hydrogen-bond acceptors (Lipinski definition) is 1. The Morgan fingerprint density at radius 1 is 0.464 bits per heavy atom. The van der Waals surface area contributed by atoms with Gasteiger partial charge >= 0.3 is 166 Å². The molecule has 0 fully saturated rings. The van der Waals surface area contributed by atoms with Gasteiger partial charge in [0, 0.05) is 0 Å². The van der Waals surface area contributed by atoms with Crippen molar-refractivity contribution in [3.63, 3.8) is 0 Å². The fourth-order valence-electron chi connectivity index (χ4n) is 4.05. The van der Waals surface area contributed by atoms with E-state index >= 15 is 0 Å². The van der Waals surface area contributed by atoms with Gasteiger partial charge in [0.25, 0.3) is 0 Å². The summed E-state index contributed by atoms with van der Waals surface area (Å²) in [6.45, 7) is 0. The second-order valence-electron chi connectivity index (χ2n) is 6.59. The van der Waals surface area contributed by atoms with Crippen LogP contribution in [0.4, 0.5) is 0 Å². The van der Waals surface area contributed by atoms with Crippen LogP contribution in [0.25, 0.3) is 10.4 Å². The van der Waals surface area contributed by atoms with Crippen molar-refractivity contribution < 1.29 is 0 Å². The van der Waals surface area contributed by atoms with Gasteiger partial charge in [0.1, 0.15) is 0 Å². The normalized spacial score (nSPS) is 12.4. The third-order valence-corrected chi connectivity index (χ3v) is 17.1. The predicted octanol–water partition coefficient (Wildman–Crippen LogP) is 3.83. The number of hydrogen-bond donors (Lipinski definition) is 0. The van der Waals surface area contributed by atoms with E-state index in [1.165, 1.54) is 0 Å². The van der Waals surface area contributed by atoms with Crippen LogP contribution in [0, 0.1) is 0 Å². The molecular formula is C24H20AsN3. The molecule has 0 aliphatic heterocycles. The van der Waals surface area contributed by atoms with Gasteiger partial charge in [-0.3, -0.25) is 0 Å². The van der Waals surface area contributed by atoms with Crippen molar-refractivity contribution in [1.29, 1.82) is 0 Å². The molecular weight excluding hydrogens is 405 g/mol. The van der Waals surface area contributed by atoms with E-state index in [2.05, 4.69) is 53.4 Å². The number of benzene rings is 4. The maximum absolute atomic E-state index is 9.92. The number of azide groups is 1. The van der Waals surface area contributed by atoms with E-state index in [0.717, 1.165) is 17.4 Å². The summed E-state index contributed by atoms with van der Waals surface area (Å²) in [4.78, 5) is 3.49. The average Bonchev–Trinajstić information content (AvgIpc) is 2.80. The first-order valence-electron chi connectivity index (χ1n) is 9.14. The van der Waals surface area contributed by atoms with E-state index in [4.69, 9.17) is 4.03 Å². The molecule has 136 valence electrons. The summed E-state index contributed by atoms with van der Waals surface area (Å²) in [7, 11) is 0. The van der Waals surface area contributed by atoms with Gasteiger partial charge in [-0.2, -0.15) is 0 Å². The molecule has 0 aromatic heterocycles. The molecule has 28 heavy (non-hydrogen) atoms. The zero-order valence-electron chi connectivity index (χ0n) is 15.3. The molecule has 0 unspecified atom stereocenters. The van der Waals surface area contributed by atoms with Gasteiger partial charge < -0.3 is 0 Å². The molecule has 0 amide bonds. The maximum atomic E-state index is 9.92. The van der Waals surface area contributed by atoms with E-state index < -0.39 is 12.7 Å². The second-order valence-corrected chi connectivity index (χ2v) is 15.8. The Hall–Kier alpha value is -3.25. The molecule has 4 aromatic carbocycles. The van der Waals surface area contributed by atoms with Crippen LogP contribution in [0.5, 0.6) is 0 Å². The zero-order valence-corrected chi connectivity index (χ0v) is 17.2. The molecule has 0 bridgehead atoms. The van der Waals surface area contributed by atoms with Crippen molar-refractivity contribution in [1.82, 2.24) is 0 Å². The van der Waals surface area contributed by atoms with Gasteiger partial charge in [-0.15, -0.1) is 0 Å². The van der Waals surface area contributed by atoms with Crippen LogP contribution in [0.2, 0.25) is 0 Å². The van der Waals surface area contributed by atoms with E-state index in [9.17, 15) is 5.53 Å². The molecule has 4 rings (SSSR count). The molecule has 0 radical (unpaired) electrons. The quantitative estimate of drug-likeness (QED) is 0.202. The van der Waals surface area contributed by atoms with Crippen molar-refractivity contribution in [3.05, 3.63) is 132 Å². The van der Waals surface area contributed by atoms with Crippen LogP contribution in [0.15, 0.2) is 125 Å². The van der Waals surface area contributed by atoms with Gasteiger partial charge in [-0.1, -0.05) is 0 Å². The summed E-state index contributed by atoms with van der Waals surface area (Å²) in [5.41, 5.74) is 9.92. The average molecular weight is 425 g/mol. The van der Waals surface area contributed by atoms with Gasteiger partial charge in [0.2, 0.25) is 0 Å². The SMILES string of the molecule is [N-]=[N+]=N[As](c1ccccc1)(c1ccccc1)(c1ccccc1)c1ccccc1. The van der Waals surface area contributed by atoms with E-state index in [1.807, 2.05) is 72.8 Å². The Labute approximate surface area is 165 Å². The zero-order chi connectivity index (χ0) is 19.3. The molecule has 0 atom stereocenters. The minimum atomic E-state index is -4.44. The van der Waals surface area contributed by atoms with Gasteiger partial charge in [-0.05, 0) is 0 Å². The van der Waals surface area contributed by atoms with Gasteiger partial charge in [0.15, 0.2) is 0 Å². The summed E-state index contributed by atoms with van der Waals surface area (Å²) in [6.07, 6.45) is 0. The third kappa shape index (κ3) is 2.49. The summed E-state index contributed by atoms with van der Waals surface area (Å²) in [5.74, 6) is 0. The Bertz CT molecular complexity index is 938. The Balaban J connectivity index is 2.34. The van der Waals surface area contributed by atoms with Crippen molar-refractivity contribution in [2.75, 3.05) is 0 Å². The van der Waals surface area contributed by atoms with Crippen molar-refractivity contribution in [2.24, 2.45) is 4.03 Å². The first-order valence-corrected chi connectivity index (χ1v) is 13.7. The topological polar surface area (TPSA) is 48.8 Å². The fraction of sp³-hybridized carbons (Fsp3) is 0. The van der Waals surface area contributed by atoms with Crippen LogP contribution in [0.1, 0.15) is 0 Å². The molecule has 0 saturated carbocycles. The monoisotopic (exact) mass is 425 g/mol. The Kier molecular flexibility index (Phi) is 4.79. The summed E-state index contributed by atoms with van der Waals surface area (Å²) >= 11 is -4.44. The van der Waals surface area contributed by atoms with Crippen molar-refractivity contribution in [3.8, 4) is 0 Å². The van der Waals surface area contributed by atoms with Crippen LogP contribution in [-0.4, -0.2) is 12.7 Å². The summed E-state index contributed by atoms with van der Waals surface area (Å²) < 4.78 is 9.11. The van der Waals surface area contributed by atoms with E-state index in [-0.39, 0.29) is 0 Å². The number of rotatable bonds is 5. The van der Waals surface area contributed by atoms with E-state index in [1.54, 1.807) is 0 Å². The molecule has 4 heteroatoms. The Morgan fingerprint density at radius 2 is 0.714 bits per heavy atom. The number of nitrogens with zero attached hydrogens (tertiary/aromatic N) is 3. The molecule has 0 aliphatic carbocycles. The Morgan fingerprint density at radius 3 is 0.929 bits per heavy atom. The van der Waals surface area contributed by atoms with Crippen molar-refractivity contribution >= 4 is 30.1 Å². The summed E-state index contributed by atoms with van der Waals surface area (Å²) in [6, 6.07) is 41.0. The van der Waals surface area contributed by atoms with Crippen LogP contribution < -0.4 is 17.4 Å².